The van der Waals surface area contributed by atoms with Crippen molar-refractivity contribution in [3.8, 4) is 5.75 Å². The zero-order valence-corrected chi connectivity index (χ0v) is 13.5. The number of imidazole rings is 1. The smallest absolute Gasteiger partial charge is 0.172 e. The minimum Gasteiger partial charge on any atom is -0.494 e. The number of benzene rings is 1. The van der Waals surface area contributed by atoms with Gasteiger partial charge in [0.05, 0.1) is 22.1 Å². The predicted octanol–water partition coefficient (Wildman–Crippen LogP) is 3.25. The standard InChI is InChI=1S/C13H12BrN5OS/c1-2-20-7-3-4-8-9(5-7)19-13(18-8)21-12-10(14)11(15)16-6-17-12/h3-6H,2H2,1H3,(H,18,19)(H2,15,16,17). The second-order valence-corrected chi connectivity index (χ2v) is 5.90. The first-order valence-corrected chi connectivity index (χ1v) is 7.84. The third-order valence-corrected chi connectivity index (χ3v) is 4.65. The maximum atomic E-state index is 5.74. The molecule has 0 unspecified atom stereocenters. The number of rotatable bonds is 4. The lowest BCUT2D eigenvalue weighted by Crippen LogP contribution is -1.94. The highest BCUT2D eigenvalue weighted by molar-refractivity contribution is 9.10. The van der Waals surface area contributed by atoms with Gasteiger partial charge >= 0.3 is 0 Å². The number of anilines is 1. The van der Waals surface area contributed by atoms with Crippen molar-refractivity contribution in [3.05, 3.63) is 29.0 Å². The number of aromatic nitrogens is 4. The molecule has 0 fully saturated rings. The van der Waals surface area contributed by atoms with Crippen LogP contribution in [0.4, 0.5) is 5.82 Å². The molecule has 6 nitrogen and oxygen atoms in total. The van der Waals surface area contributed by atoms with Gasteiger partial charge in [-0.2, -0.15) is 0 Å². The van der Waals surface area contributed by atoms with Gasteiger partial charge in [-0.3, -0.25) is 0 Å². The van der Waals surface area contributed by atoms with Gasteiger partial charge in [0.2, 0.25) is 0 Å². The lowest BCUT2D eigenvalue weighted by molar-refractivity contribution is 0.340. The van der Waals surface area contributed by atoms with Crippen LogP contribution in [0.15, 0.2) is 39.2 Å². The quantitative estimate of drug-likeness (QED) is 0.689. The van der Waals surface area contributed by atoms with E-state index in [0.29, 0.717) is 21.9 Å². The first kappa shape index (κ1) is 14.2. The summed E-state index contributed by atoms with van der Waals surface area (Å²) >= 11 is 4.77. The molecule has 3 rings (SSSR count). The molecule has 2 aromatic heterocycles. The highest BCUT2D eigenvalue weighted by atomic mass is 79.9. The van der Waals surface area contributed by atoms with Crippen molar-refractivity contribution in [2.75, 3.05) is 12.3 Å². The Labute approximate surface area is 133 Å². The molecule has 0 bridgehead atoms. The van der Waals surface area contributed by atoms with Crippen LogP contribution in [0.5, 0.6) is 5.75 Å². The lowest BCUT2D eigenvalue weighted by Gasteiger charge is -2.01. The number of nitrogen functional groups attached to an aromatic ring is 1. The minimum atomic E-state index is 0.405. The molecule has 0 aliphatic heterocycles. The van der Waals surface area contributed by atoms with Gasteiger partial charge in [0.25, 0.3) is 0 Å². The molecule has 3 N–H and O–H groups in total. The van der Waals surface area contributed by atoms with Gasteiger partial charge in [-0.15, -0.1) is 0 Å². The topological polar surface area (TPSA) is 89.7 Å². The molecule has 8 heteroatoms. The van der Waals surface area contributed by atoms with Gasteiger partial charge in [0.15, 0.2) is 5.16 Å². The molecule has 0 atom stereocenters. The Morgan fingerprint density at radius 3 is 3.05 bits per heavy atom. The van der Waals surface area contributed by atoms with Crippen LogP contribution >= 0.6 is 27.7 Å². The zero-order chi connectivity index (χ0) is 14.8. The van der Waals surface area contributed by atoms with E-state index in [1.807, 2.05) is 25.1 Å². The fourth-order valence-corrected chi connectivity index (χ4v) is 3.03. The summed E-state index contributed by atoms with van der Waals surface area (Å²) < 4.78 is 6.15. The number of nitrogens with one attached hydrogen (secondary N) is 1. The molecule has 0 saturated heterocycles. The number of ether oxygens (including phenoxy) is 1. The molecule has 0 aliphatic carbocycles. The van der Waals surface area contributed by atoms with Crippen LogP contribution in [0, 0.1) is 0 Å². The number of fused-ring (bicyclic) bond motifs is 1. The monoisotopic (exact) mass is 365 g/mol. The van der Waals surface area contributed by atoms with E-state index in [9.17, 15) is 0 Å². The number of aromatic amines is 1. The molecular formula is C13H12BrN5OS. The van der Waals surface area contributed by atoms with Gasteiger partial charge in [-0.1, -0.05) is 0 Å². The van der Waals surface area contributed by atoms with Crippen LogP contribution in [0.1, 0.15) is 6.92 Å². The largest absolute Gasteiger partial charge is 0.494 e. The van der Waals surface area contributed by atoms with Crippen molar-refractivity contribution in [3.63, 3.8) is 0 Å². The Hall–Kier alpha value is -1.80. The third kappa shape index (κ3) is 2.96. The number of H-pyrrole nitrogens is 1. The second kappa shape index (κ2) is 5.90. The molecule has 108 valence electrons. The molecule has 3 aromatic rings. The highest BCUT2D eigenvalue weighted by Gasteiger charge is 2.11. The van der Waals surface area contributed by atoms with Gasteiger partial charge in [0, 0.05) is 6.07 Å². The van der Waals surface area contributed by atoms with Crippen LogP contribution < -0.4 is 10.5 Å². The molecule has 1 aromatic carbocycles. The number of halogens is 1. The summed E-state index contributed by atoms with van der Waals surface area (Å²) in [5, 5.41) is 1.45. The number of hydrogen-bond acceptors (Lipinski definition) is 6. The SMILES string of the molecule is CCOc1ccc2nc(Sc3ncnc(N)c3Br)[nH]c2c1. The minimum absolute atomic E-state index is 0.405. The van der Waals surface area contributed by atoms with Crippen LogP contribution in [-0.4, -0.2) is 26.5 Å². The summed E-state index contributed by atoms with van der Waals surface area (Å²) in [6.07, 6.45) is 1.43. The van der Waals surface area contributed by atoms with Crippen LogP contribution in [0.2, 0.25) is 0 Å². The van der Waals surface area contributed by atoms with E-state index in [0.717, 1.165) is 21.9 Å². The second-order valence-electron chi connectivity index (χ2n) is 4.13. The summed E-state index contributed by atoms with van der Waals surface area (Å²) in [5.41, 5.74) is 7.54. The van der Waals surface area contributed by atoms with Crippen LogP contribution in [-0.2, 0) is 0 Å². The van der Waals surface area contributed by atoms with Crippen molar-refractivity contribution < 1.29 is 4.74 Å². The van der Waals surface area contributed by atoms with Crippen molar-refractivity contribution in [1.29, 1.82) is 0 Å². The molecule has 0 amide bonds. The Balaban J connectivity index is 1.92. The van der Waals surface area contributed by atoms with E-state index >= 15 is 0 Å². The Kier molecular flexibility index (Phi) is 3.98. The Morgan fingerprint density at radius 1 is 1.38 bits per heavy atom. The van der Waals surface area contributed by atoms with Gasteiger partial charge in [-0.25, -0.2) is 15.0 Å². The van der Waals surface area contributed by atoms with Gasteiger partial charge < -0.3 is 15.5 Å². The summed E-state index contributed by atoms with van der Waals surface area (Å²) in [6.45, 7) is 2.59. The fourth-order valence-electron chi connectivity index (χ4n) is 1.80. The first-order chi connectivity index (χ1) is 10.2. The maximum Gasteiger partial charge on any atom is 0.172 e. The van der Waals surface area contributed by atoms with Crippen molar-refractivity contribution in [1.82, 2.24) is 19.9 Å². The average molecular weight is 366 g/mol. The van der Waals surface area contributed by atoms with Gasteiger partial charge in [-0.05, 0) is 46.7 Å². The number of nitrogens with zero attached hydrogens (tertiary/aromatic N) is 3. The van der Waals surface area contributed by atoms with E-state index in [-0.39, 0.29) is 0 Å². The molecular weight excluding hydrogens is 354 g/mol. The molecule has 0 spiro atoms. The predicted molar refractivity (Wildman–Crippen MR) is 85.5 cm³/mol. The van der Waals surface area contributed by atoms with Crippen molar-refractivity contribution in [2.45, 2.75) is 17.1 Å². The number of hydrogen-bond donors (Lipinski definition) is 2. The molecule has 0 aliphatic rings. The van der Waals surface area contributed by atoms with E-state index in [2.05, 4.69) is 35.9 Å². The Morgan fingerprint density at radius 2 is 2.24 bits per heavy atom. The normalized spacial score (nSPS) is 11.0. The number of nitrogens with two attached hydrogens (primary N) is 1. The van der Waals surface area contributed by atoms with Crippen molar-refractivity contribution >= 4 is 44.5 Å². The van der Waals surface area contributed by atoms with Crippen LogP contribution in [0.25, 0.3) is 11.0 Å². The average Bonchev–Trinajstić information content (AvgIpc) is 2.86. The molecule has 0 radical (unpaired) electrons. The Bertz CT molecular complexity index is 791. The summed E-state index contributed by atoms with van der Waals surface area (Å²) in [7, 11) is 0. The van der Waals surface area contributed by atoms with Crippen molar-refractivity contribution in [2.24, 2.45) is 0 Å². The summed E-state index contributed by atoms with van der Waals surface area (Å²) in [6, 6.07) is 5.75. The fraction of sp³-hybridized carbons (Fsp3) is 0.154. The van der Waals surface area contributed by atoms with E-state index in [4.69, 9.17) is 10.5 Å². The summed E-state index contributed by atoms with van der Waals surface area (Å²) in [5.74, 6) is 1.22. The summed E-state index contributed by atoms with van der Waals surface area (Å²) in [4.78, 5) is 15.9. The molecule has 2 heterocycles. The third-order valence-electron chi connectivity index (χ3n) is 2.72. The van der Waals surface area contributed by atoms with Gasteiger partial charge in [0.1, 0.15) is 22.9 Å². The van der Waals surface area contributed by atoms with Crippen LogP contribution in [0.3, 0.4) is 0 Å². The zero-order valence-electron chi connectivity index (χ0n) is 11.1. The van der Waals surface area contributed by atoms with E-state index in [1.165, 1.54) is 18.1 Å². The maximum absolute atomic E-state index is 5.74. The van der Waals surface area contributed by atoms with E-state index < -0.39 is 0 Å². The highest BCUT2D eigenvalue weighted by Crippen LogP contribution is 2.33. The van der Waals surface area contributed by atoms with E-state index in [1.54, 1.807) is 0 Å². The lowest BCUT2D eigenvalue weighted by atomic mass is 10.3. The first-order valence-electron chi connectivity index (χ1n) is 6.23. The molecule has 0 saturated carbocycles. The molecule has 21 heavy (non-hydrogen) atoms.